The number of non-ortho nitro benzene ring substituents is 1. The lowest BCUT2D eigenvalue weighted by Gasteiger charge is -2.26. The molecule has 3 atom stereocenters. The SMILES string of the molecule is O=C(O)C1C2CCCC2CN1c1cc(F)cc([N+](=O)[O-])c1. The van der Waals surface area contributed by atoms with Crippen LogP contribution in [-0.4, -0.2) is 28.6 Å². The number of nitro groups is 1. The van der Waals surface area contributed by atoms with Crippen molar-refractivity contribution in [2.45, 2.75) is 25.3 Å². The molecule has 1 N–H and O–H groups in total. The first kappa shape index (κ1) is 13.8. The third-order valence-electron chi connectivity index (χ3n) is 4.55. The predicted octanol–water partition coefficient (Wildman–Crippen LogP) is 2.42. The molecule has 1 heterocycles. The van der Waals surface area contributed by atoms with Crippen LogP contribution in [0, 0.1) is 27.8 Å². The summed E-state index contributed by atoms with van der Waals surface area (Å²) < 4.78 is 13.6. The number of benzene rings is 1. The average Bonchev–Trinajstić information content (AvgIpc) is 2.96. The molecular weight excluding hydrogens is 279 g/mol. The van der Waals surface area contributed by atoms with Crippen LogP contribution in [0.1, 0.15) is 19.3 Å². The van der Waals surface area contributed by atoms with Gasteiger partial charge in [0, 0.05) is 18.3 Å². The van der Waals surface area contributed by atoms with Crippen LogP contribution < -0.4 is 4.90 Å². The molecule has 112 valence electrons. The van der Waals surface area contributed by atoms with Crippen LogP contribution in [0.4, 0.5) is 15.8 Å². The second-order valence-corrected chi connectivity index (χ2v) is 5.72. The van der Waals surface area contributed by atoms with E-state index in [2.05, 4.69) is 0 Å². The summed E-state index contributed by atoms with van der Waals surface area (Å²) in [5.41, 5.74) is -0.0744. The molecule has 0 aromatic heterocycles. The molecule has 1 saturated carbocycles. The molecule has 6 nitrogen and oxygen atoms in total. The van der Waals surface area contributed by atoms with Crippen molar-refractivity contribution in [3.8, 4) is 0 Å². The Morgan fingerprint density at radius 2 is 2.14 bits per heavy atom. The molecule has 1 saturated heterocycles. The molecule has 1 aliphatic carbocycles. The second-order valence-electron chi connectivity index (χ2n) is 5.72. The number of hydrogen-bond acceptors (Lipinski definition) is 4. The highest BCUT2D eigenvalue weighted by Gasteiger charge is 2.48. The van der Waals surface area contributed by atoms with E-state index in [9.17, 15) is 24.4 Å². The van der Waals surface area contributed by atoms with Gasteiger partial charge < -0.3 is 10.0 Å². The van der Waals surface area contributed by atoms with Crippen LogP contribution in [0.25, 0.3) is 0 Å². The number of carbonyl (C=O) groups is 1. The summed E-state index contributed by atoms with van der Waals surface area (Å²) in [4.78, 5) is 23.3. The molecule has 3 rings (SSSR count). The van der Waals surface area contributed by atoms with Gasteiger partial charge in [-0.1, -0.05) is 6.42 Å². The van der Waals surface area contributed by atoms with Crippen molar-refractivity contribution in [2.75, 3.05) is 11.4 Å². The van der Waals surface area contributed by atoms with Crippen molar-refractivity contribution in [1.82, 2.24) is 0 Å². The number of carboxylic acids is 1. The van der Waals surface area contributed by atoms with Crippen molar-refractivity contribution in [1.29, 1.82) is 0 Å². The van der Waals surface area contributed by atoms with E-state index < -0.39 is 22.8 Å². The lowest BCUT2D eigenvalue weighted by molar-refractivity contribution is -0.385. The van der Waals surface area contributed by atoms with Gasteiger partial charge in [0.05, 0.1) is 11.0 Å². The molecule has 7 heteroatoms. The molecule has 21 heavy (non-hydrogen) atoms. The number of nitrogens with zero attached hydrogens (tertiary/aromatic N) is 2. The quantitative estimate of drug-likeness (QED) is 0.683. The maximum Gasteiger partial charge on any atom is 0.326 e. The highest BCUT2D eigenvalue weighted by molar-refractivity contribution is 5.80. The Morgan fingerprint density at radius 3 is 2.81 bits per heavy atom. The zero-order valence-corrected chi connectivity index (χ0v) is 11.2. The van der Waals surface area contributed by atoms with E-state index in [1.165, 1.54) is 12.1 Å². The van der Waals surface area contributed by atoms with Crippen molar-refractivity contribution in [2.24, 2.45) is 11.8 Å². The fourth-order valence-corrected chi connectivity index (χ4v) is 3.72. The third kappa shape index (κ3) is 2.32. The Kier molecular flexibility index (Phi) is 3.27. The van der Waals surface area contributed by atoms with Crippen LogP contribution in [0.15, 0.2) is 18.2 Å². The topological polar surface area (TPSA) is 83.7 Å². The minimum atomic E-state index is -0.948. The zero-order valence-electron chi connectivity index (χ0n) is 11.2. The number of carboxylic acid groups (broad SMARTS) is 1. The molecule has 1 aromatic rings. The monoisotopic (exact) mass is 294 g/mol. The first-order valence-corrected chi connectivity index (χ1v) is 6.92. The summed E-state index contributed by atoms with van der Waals surface area (Å²) in [6.45, 7) is 0.516. The Labute approximate surface area is 120 Å². The van der Waals surface area contributed by atoms with Gasteiger partial charge in [-0.3, -0.25) is 10.1 Å². The van der Waals surface area contributed by atoms with Gasteiger partial charge in [0.25, 0.3) is 5.69 Å². The fraction of sp³-hybridized carbons (Fsp3) is 0.500. The van der Waals surface area contributed by atoms with E-state index in [-0.39, 0.29) is 23.2 Å². The van der Waals surface area contributed by atoms with Crippen molar-refractivity contribution >= 4 is 17.3 Å². The Bertz CT molecular complexity index is 607. The van der Waals surface area contributed by atoms with Crippen LogP contribution in [0.2, 0.25) is 0 Å². The van der Waals surface area contributed by atoms with Crippen LogP contribution in [0.3, 0.4) is 0 Å². The van der Waals surface area contributed by atoms with Gasteiger partial charge in [-0.15, -0.1) is 0 Å². The van der Waals surface area contributed by atoms with Gasteiger partial charge in [0.1, 0.15) is 11.9 Å². The minimum Gasteiger partial charge on any atom is -0.480 e. The first-order chi connectivity index (χ1) is 9.97. The van der Waals surface area contributed by atoms with Gasteiger partial charge in [-0.2, -0.15) is 0 Å². The molecule has 2 fully saturated rings. The van der Waals surface area contributed by atoms with E-state index >= 15 is 0 Å². The smallest absolute Gasteiger partial charge is 0.326 e. The molecule has 2 aliphatic rings. The van der Waals surface area contributed by atoms with Crippen molar-refractivity contribution < 1.29 is 19.2 Å². The van der Waals surface area contributed by atoms with E-state index in [0.29, 0.717) is 6.54 Å². The van der Waals surface area contributed by atoms with E-state index in [1.807, 2.05) is 0 Å². The summed E-state index contributed by atoms with van der Waals surface area (Å²) >= 11 is 0. The molecule has 0 amide bonds. The Balaban J connectivity index is 1.99. The van der Waals surface area contributed by atoms with Crippen molar-refractivity contribution in [3.05, 3.63) is 34.1 Å². The largest absolute Gasteiger partial charge is 0.480 e. The summed E-state index contributed by atoms with van der Waals surface area (Å²) in [5, 5.41) is 20.3. The van der Waals surface area contributed by atoms with E-state index in [0.717, 1.165) is 25.3 Å². The van der Waals surface area contributed by atoms with Gasteiger partial charge in [-0.25, -0.2) is 9.18 Å². The lowest BCUT2D eigenvalue weighted by atomic mass is 9.94. The van der Waals surface area contributed by atoms with E-state index in [4.69, 9.17) is 0 Å². The maximum atomic E-state index is 13.6. The molecule has 3 unspecified atom stereocenters. The van der Waals surface area contributed by atoms with E-state index in [1.54, 1.807) is 4.90 Å². The fourth-order valence-electron chi connectivity index (χ4n) is 3.72. The highest BCUT2D eigenvalue weighted by atomic mass is 19.1. The Hall–Kier alpha value is -2.18. The number of halogens is 1. The lowest BCUT2D eigenvalue weighted by Crippen LogP contribution is -2.39. The number of anilines is 1. The summed E-state index contributed by atoms with van der Waals surface area (Å²) in [7, 11) is 0. The molecule has 0 radical (unpaired) electrons. The number of hydrogen-bond donors (Lipinski definition) is 1. The molecule has 0 bridgehead atoms. The summed E-state index contributed by atoms with van der Waals surface area (Å²) in [5.74, 6) is -1.35. The number of fused-ring (bicyclic) bond motifs is 1. The van der Waals surface area contributed by atoms with Gasteiger partial charge in [-0.05, 0) is 30.7 Å². The van der Waals surface area contributed by atoms with Gasteiger partial charge >= 0.3 is 5.97 Å². The second kappa shape index (κ2) is 4.98. The molecular formula is C14H15FN2O4. The number of nitro benzene ring substituents is 1. The number of aliphatic carboxylic acids is 1. The zero-order chi connectivity index (χ0) is 15.1. The van der Waals surface area contributed by atoms with Crippen LogP contribution >= 0.6 is 0 Å². The predicted molar refractivity (Wildman–Crippen MR) is 72.7 cm³/mol. The average molecular weight is 294 g/mol. The normalized spacial score (nSPS) is 27.7. The molecule has 1 aliphatic heterocycles. The molecule has 1 aromatic carbocycles. The van der Waals surface area contributed by atoms with Crippen LogP contribution in [-0.2, 0) is 4.79 Å². The number of rotatable bonds is 3. The minimum absolute atomic E-state index is 0.0461. The van der Waals surface area contributed by atoms with Gasteiger partial charge in [0.2, 0.25) is 0 Å². The standard InChI is InChI=1S/C14H15FN2O4/c15-9-4-10(6-11(5-9)17(20)21)16-7-8-2-1-3-12(8)13(16)14(18)19/h4-6,8,12-13H,1-3,7H2,(H,18,19). The summed E-state index contributed by atoms with van der Waals surface area (Å²) in [6.07, 6.45) is 2.81. The third-order valence-corrected chi connectivity index (χ3v) is 4.55. The maximum absolute atomic E-state index is 13.6. The Morgan fingerprint density at radius 1 is 1.38 bits per heavy atom. The molecule has 0 spiro atoms. The summed E-state index contributed by atoms with van der Waals surface area (Å²) in [6, 6.07) is 2.54. The first-order valence-electron chi connectivity index (χ1n) is 6.92. The van der Waals surface area contributed by atoms with Gasteiger partial charge in [0.15, 0.2) is 0 Å². The van der Waals surface area contributed by atoms with Crippen LogP contribution in [0.5, 0.6) is 0 Å². The van der Waals surface area contributed by atoms with Crippen molar-refractivity contribution in [3.63, 3.8) is 0 Å². The highest BCUT2D eigenvalue weighted by Crippen LogP contribution is 2.44.